The topological polar surface area (TPSA) is 30.7 Å². The molecule has 0 amide bonds. The van der Waals surface area contributed by atoms with Gasteiger partial charge in [0.05, 0.1) is 5.88 Å². The molecular weight excluding hydrogens is 210 g/mol. The second kappa shape index (κ2) is 4.52. The molecule has 1 heterocycles. The molecule has 0 saturated carbocycles. The SMILES string of the molecule is CC(C)Cc1nnc(CCl)n1C(C)(C)C. The molecule has 0 bridgehead atoms. The van der Waals surface area contributed by atoms with E-state index < -0.39 is 0 Å². The van der Waals surface area contributed by atoms with E-state index in [0.29, 0.717) is 11.8 Å². The number of hydrogen-bond donors (Lipinski definition) is 0. The molecule has 0 saturated heterocycles. The molecule has 1 rings (SSSR count). The number of halogens is 1. The minimum atomic E-state index is -0.00204. The zero-order valence-corrected chi connectivity index (χ0v) is 11.0. The Morgan fingerprint density at radius 3 is 2.13 bits per heavy atom. The van der Waals surface area contributed by atoms with Crippen molar-refractivity contribution in [3.8, 4) is 0 Å². The van der Waals surface area contributed by atoms with Crippen LogP contribution in [0.2, 0.25) is 0 Å². The van der Waals surface area contributed by atoms with Crippen LogP contribution in [0.4, 0.5) is 0 Å². The smallest absolute Gasteiger partial charge is 0.148 e. The average Bonchev–Trinajstić information content (AvgIpc) is 2.45. The molecule has 0 aliphatic rings. The van der Waals surface area contributed by atoms with Gasteiger partial charge in [-0.2, -0.15) is 0 Å². The third-order valence-corrected chi connectivity index (χ3v) is 2.42. The van der Waals surface area contributed by atoms with Gasteiger partial charge in [-0.05, 0) is 26.7 Å². The van der Waals surface area contributed by atoms with E-state index in [2.05, 4.69) is 49.4 Å². The van der Waals surface area contributed by atoms with Gasteiger partial charge in [-0.1, -0.05) is 13.8 Å². The third-order valence-electron chi connectivity index (χ3n) is 2.18. The first-order chi connectivity index (χ1) is 6.86. The number of alkyl halides is 1. The van der Waals surface area contributed by atoms with Crippen molar-refractivity contribution in [3.63, 3.8) is 0 Å². The maximum absolute atomic E-state index is 5.86. The van der Waals surface area contributed by atoms with E-state index in [-0.39, 0.29) is 5.54 Å². The molecule has 0 atom stereocenters. The summed E-state index contributed by atoms with van der Waals surface area (Å²) in [5.74, 6) is 2.90. The Bertz CT molecular complexity index is 323. The zero-order chi connectivity index (χ0) is 11.6. The normalized spacial score (nSPS) is 12.5. The molecule has 1 aromatic heterocycles. The first kappa shape index (κ1) is 12.5. The first-order valence-corrected chi connectivity index (χ1v) is 5.89. The molecule has 0 radical (unpaired) electrons. The predicted molar refractivity (Wildman–Crippen MR) is 63.1 cm³/mol. The van der Waals surface area contributed by atoms with Crippen molar-refractivity contribution in [2.24, 2.45) is 5.92 Å². The average molecular weight is 230 g/mol. The molecule has 0 aliphatic carbocycles. The number of rotatable bonds is 3. The van der Waals surface area contributed by atoms with Crippen LogP contribution in [0.3, 0.4) is 0 Å². The van der Waals surface area contributed by atoms with Crippen molar-refractivity contribution in [2.45, 2.75) is 52.5 Å². The highest BCUT2D eigenvalue weighted by atomic mass is 35.5. The minimum absolute atomic E-state index is 0.00204. The molecule has 4 heteroatoms. The van der Waals surface area contributed by atoms with Gasteiger partial charge < -0.3 is 4.57 Å². The van der Waals surface area contributed by atoms with Crippen molar-refractivity contribution in [3.05, 3.63) is 11.6 Å². The van der Waals surface area contributed by atoms with Gasteiger partial charge in [0.2, 0.25) is 0 Å². The summed E-state index contributed by atoms with van der Waals surface area (Å²) in [4.78, 5) is 0. The molecule has 0 N–H and O–H groups in total. The van der Waals surface area contributed by atoms with E-state index >= 15 is 0 Å². The van der Waals surface area contributed by atoms with Crippen molar-refractivity contribution < 1.29 is 0 Å². The molecule has 86 valence electrons. The van der Waals surface area contributed by atoms with Gasteiger partial charge in [-0.15, -0.1) is 21.8 Å². The monoisotopic (exact) mass is 229 g/mol. The quantitative estimate of drug-likeness (QED) is 0.747. The van der Waals surface area contributed by atoms with Gasteiger partial charge in [0.25, 0.3) is 0 Å². The summed E-state index contributed by atoms with van der Waals surface area (Å²) in [6.07, 6.45) is 0.946. The molecule has 3 nitrogen and oxygen atoms in total. The summed E-state index contributed by atoms with van der Waals surface area (Å²) in [6, 6.07) is 0. The van der Waals surface area contributed by atoms with Gasteiger partial charge in [0.15, 0.2) is 0 Å². The highest BCUT2D eigenvalue weighted by Gasteiger charge is 2.22. The van der Waals surface area contributed by atoms with E-state index in [1.807, 2.05) is 0 Å². The maximum atomic E-state index is 5.86. The van der Waals surface area contributed by atoms with Crippen LogP contribution in [-0.2, 0) is 17.8 Å². The van der Waals surface area contributed by atoms with Crippen LogP contribution in [0.1, 0.15) is 46.3 Å². The lowest BCUT2D eigenvalue weighted by atomic mass is 10.1. The fraction of sp³-hybridized carbons (Fsp3) is 0.818. The van der Waals surface area contributed by atoms with E-state index in [0.717, 1.165) is 18.1 Å². The van der Waals surface area contributed by atoms with Crippen molar-refractivity contribution >= 4 is 11.6 Å². The second-order valence-corrected chi connectivity index (χ2v) is 5.54. The Morgan fingerprint density at radius 2 is 1.73 bits per heavy atom. The number of nitrogens with zero attached hydrogens (tertiary/aromatic N) is 3. The van der Waals surface area contributed by atoms with Crippen LogP contribution >= 0.6 is 11.6 Å². The van der Waals surface area contributed by atoms with Gasteiger partial charge in [-0.3, -0.25) is 0 Å². The van der Waals surface area contributed by atoms with E-state index in [9.17, 15) is 0 Å². The summed E-state index contributed by atoms with van der Waals surface area (Å²) in [6.45, 7) is 10.8. The van der Waals surface area contributed by atoms with Crippen molar-refractivity contribution in [1.29, 1.82) is 0 Å². The Hall–Kier alpha value is -0.570. The summed E-state index contributed by atoms with van der Waals surface area (Å²) in [7, 11) is 0. The standard InChI is InChI=1S/C11H20ClN3/c1-8(2)6-9-13-14-10(7-12)15(9)11(3,4)5/h8H,6-7H2,1-5H3. The molecule has 0 spiro atoms. The lowest BCUT2D eigenvalue weighted by molar-refractivity contribution is 0.366. The molecular formula is C11H20ClN3. The molecule has 0 aliphatic heterocycles. The summed E-state index contributed by atoms with van der Waals surface area (Å²) in [5, 5.41) is 8.36. The summed E-state index contributed by atoms with van der Waals surface area (Å²) in [5.41, 5.74) is -0.00204. The highest BCUT2D eigenvalue weighted by molar-refractivity contribution is 6.16. The third kappa shape index (κ3) is 2.94. The zero-order valence-electron chi connectivity index (χ0n) is 10.2. The highest BCUT2D eigenvalue weighted by Crippen LogP contribution is 2.21. The second-order valence-electron chi connectivity index (χ2n) is 5.27. The first-order valence-electron chi connectivity index (χ1n) is 5.36. The van der Waals surface area contributed by atoms with Crippen LogP contribution in [0, 0.1) is 5.92 Å². The van der Waals surface area contributed by atoms with E-state index in [1.54, 1.807) is 0 Å². The van der Waals surface area contributed by atoms with Crippen LogP contribution in [0.5, 0.6) is 0 Å². The number of hydrogen-bond acceptors (Lipinski definition) is 2. The van der Waals surface area contributed by atoms with Crippen LogP contribution < -0.4 is 0 Å². The minimum Gasteiger partial charge on any atom is -0.309 e. The van der Waals surface area contributed by atoms with Gasteiger partial charge in [0.1, 0.15) is 11.6 Å². The summed E-state index contributed by atoms with van der Waals surface area (Å²) >= 11 is 5.86. The molecule has 0 fully saturated rings. The van der Waals surface area contributed by atoms with Crippen LogP contribution in [0.25, 0.3) is 0 Å². The van der Waals surface area contributed by atoms with E-state index in [4.69, 9.17) is 11.6 Å². The number of aromatic nitrogens is 3. The lowest BCUT2D eigenvalue weighted by Gasteiger charge is -2.25. The van der Waals surface area contributed by atoms with Crippen molar-refractivity contribution in [2.75, 3.05) is 0 Å². The lowest BCUT2D eigenvalue weighted by Crippen LogP contribution is -2.26. The van der Waals surface area contributed by atoms with E-state index in [1.165, 1.54) is 0 Å². The molecule has 0 aromatic carbocycles. The van der Waals surface area contributed by atoms with Crippen LogP contribution in [0.15, 0.2) is 0 Å². The summed E-state index contributed by atoms with van der Waals surface area (Å²) < 4.78 is 2.15. The van der Waals surface area contributed by atoms with Gasteiger partial charge in [-0.25, -0.2) is 0 Å². The largest absolute Gasteiger partial charge is 0.309 e. The molecule has 15 heavy (non-hydrogen) atoms. The Balaban J connectivity index is 3.12. The Kier molecular flexibility index (Phi) is 3.77. The van der Waals surface area contributed by atoms with Crippen LogP contribution in [-0.4, -0.2) is 14.8 Å². The fourth-order valence-corrected chi connectivity index (χ4v) is 1.88. The van der Waals surface area contributed by atoms with Crippen molar-refractivity contribution in [1.82, 2.24) is 14.8 Å². The van der Waals surface area contributed by atoms with Gasteiger partial charge in [0, 0.05) is 12.0 Å². The fourth-order valence-electron chi connectivity index (χ4n) is 1.71. The Labute approximate surface area is 96.8 Å². The van der Waals surface area contributed by atoms with Gasteiger partial charge >= 0.3 is 0 Å². The maximum Gasteiger partial charge on any atom is 0.148 e. The molecule has 0 unspecified atom stereocenters. The predicted octanol–water partition coefficient (Wildman–Crippen LogP) is 2.97. The molecule has 1 aromatic rings. The Morgan fingerprint density at radius 1 is 1.20 bits per heavy atom.